The highest BCUT2D eigenvalue weighted by Gasteiger charge is 2.42. The lowest BCUT2D eigenvalue weighted by atomic mass is 9.64. The second-order valence-electron chi connectivity index (χ2n) is 12.1. The van der Waals surface area contributed by atoms with Crippen LogP contribution in [0.15, 0.2) is 48.6 Å². The van der Waals surface area contributed by atoms with E-state index in [0.717, 1.165) is 38.5 Å². The van der Waals surface area contributed by atoms with Gasteiger partial charge in [0.15, 0.2) is 0 Å². The van der Waals surface area contributed by atoms with Gasteiger partial charge < -0.3 is 14.2 Å². The van der Waals surface area contributed by atoms with E-state index in [-0.39, 0.29) is 23.0 Å². The van der Waals surface area contributed by atoms with Gasteiger partial charge in [-0.2, -0.15) is 10.5 Å². The molecule has 2 saturated carbocycles. The van der Waals surface area contributed by atoms with Crippen molar-refractivity contribution in [3.05, 3.63) is 48.6 Å². The number of rotatable bonds is 10. The first-order chi connectivity index (χ1) is 17.9. The zero-order valence-corrected chi connectivity index (χ0v) is 22.8. The summed E-state index contributed by atoms with van der Waals surface area (Å²) in [6.45, 7) is 1.42. The number of nitriles is 2. The van der Waals surface area contributed by atoms with Crippen molar-refractivity contribution in [1.29, 1.82) is 10.5 Å². The molecule has 0 aromatic rings. The van der Waals surface area contributed by atoms with Gasteiger partial charge in [0, 0.05) is 14.2 Å². The average molecular weight is 505 g/mol. The Morgan fingerprint density at radius 2 is 0.973 bits per heavy atom. The molecule has 0 aliphatic heterocycles. The van der Waals surface area contributed by atoms with E-state index in [4.69, 9.17) is 14.2 Å². The summed E-state index contributed by atoms with van der Waals surface area (Å²) in [6, 6.07) is 5.17. The number of allylic oxidation sites excluding steroid dienone is 4. The molecule has 0 amide bonds. The maximum atomic E-state index is 10.1. The van der Waals surface area contributed by atoms with Crippen molar-refractivity contribution < 1.29 is 14.2 Å². The molecule has 0 spiro atoms. The summed E-state index contributed by atoms with van der Waals surface area (Å²) in [6.07, 6.45) is 29.3. The van der Waals surface area contributed by atoms with E-state index in [0.29, 0.717) is 13.2 Å². The Labute approximate surface area is 223 Å². The molecule has 37 heavy (non-hydrogen) atoms. The van der Waals surface area contributed by atoms with Gasteiger partial charge in [-0.1, -0.05) is 87.1 Å². The van der Waals surface area contributed by atoms with Gasteiger partial charge in [0.2, 0.25) is 0 Å². The molecule has 4 rings (SSSR count). The summed E-state index contributed by atoms with van der Waals surface area (Å²) >= 11 is 0. The Bertz CT molecular complexity index is 850. The van der Waals surface area contributed by atoms with E-state index in [9.17, 15) is 10.5 Å². The van der Waals surface area contributed by atoms with Gasteiger partial charge in [0.05, 0.1) is 48.4 Å². The maximum absolute atomic E-state index is 10.1. The highest BCUT2D eigenvalue weighted by Crippen LogP contribution is 2.48. The minimum Gasteiger partial charge on any atom is -0.384 e. The minimum absolute atomic E-state index is 0.0685. The summed E-state index contributed by atoms with van der Waals surface area (Å²) in [5.41, 5.74) is -1.09. The molecule has 0 N–H and O–H groups in total. The van der Waals surface area contributed by atoms with Gasteiger partial charge in [0.1, 0.15) is 0 Å². The van der Waals surface area contributed by atoms with Gasteiger partial charge in [-0.25, -0.2) is 0 Å². The van der Waals surface area contributed by atoms with Crippen molar-refractivity contribution in [2.45, 2.75) is 89.3 Å². The maximum Gasteiger partial charge on any atom is 0.0951 e. The van der Waals surface area contributed by atoms with E-state index in [1.807, 2.05) is 48.6 Å². The number of hydrogen-bond acceptors (Lipinski definition) is 5. The predicted molar refractivity (Wildman–Crippen MR) is 145 cm³/mol. The molecule has 4 aliphatic rings. The molecule has 0 bridgehead atoms. The summed E-state index contributed by atoms with van der Waals surface area (Å²) < 4.78 is 17.5. The van der Waals surface area contributed by atoms with Crippen LogP contribution in [0.1, 0.15) is 77.0 Å². The van der Waals surface area contributed by atoms with E-state index >= 15 is 0 Å². The number of methoxy groups -OCH3 is 2. The summed E-state index contributed by atoms with van der Waals surface area (Å²) in [5, 5.41) is 20.3. The molecule has 0 heterocycles. The Morgan fingerprint density at radius 3 is 1.27 bits per heavy atom. The van der Waals surface area contributed by atoms with E-state index < -0.39 is 10.8 Å². The lowest BCUT2D eigenvalue weighted by molar-refractivity contribution is 0.0283. The normalized spacial score (nSPS) is 34.1. The van der Waals surface area contributed by atoms with E-state index in [2.05, 4.69) is 12.1 Å². The van der Waals surface area contributed by atoms with Crippen molar-refractivity contribution in [3.8, 4) is 12.1 Å². The lowest BCUT2D eigenvalue weighted by Crippen LogP contribution is -2.36. The Morgan fingerprint density at radius 1 is 0.622 bits per heavy atom. The summed E-state index contributed by atoms with van der Waals surface area (Å²) in [7, 11) is 3.54. The second kappa shape index (κ2) is 12.1. The fourth-order valence-electron chi connectivity index (χ4n) is 7.33. The zero-order valence-electron chi connectivity index (χ0n) is 22.8. The van der Waals surface area contributed by atoms with Crippen LogP contribution >= 0.6 is 0 Å². The van der Waals surface area contributed by atoms with Crippen LogP contribution in [0.3, 0.4) is 0 Å². The van der Waals surface area contributed by atoms with Crippen LogP contribution in [0.5, 0.6) is 0 Å². The van der Waals surface area contributed by atoms with E-state index in [1.54, 1.807) is 14.2 Å². The van der Waals surface area contributed by atoms with Gasteiger partial charge in [0.25, 0.3) is 0 Å². The first-order valence-corrected chi connectivity index (χ1v) is 14.2. The molecule has 0 aromatic carbocycles. The largest absolute Gasteiger partial charge is 0.384 e. The number of hydrogen-bond donors (Lipinski definition) is 0. The summed E-state index contributed by atoms with van der Waals surface area (Å²) in [5.74, 6) is 0. The van der Waals surface area contributed by atoms with Crippen LogP contribution in [0.4, 0.5) is 0 Å². The Hall–Kier alpha value is -2.18. The number of nitrogens with zero attached hydrogens (tertiary/aromatic N) is 2. The zero-order chi connectivity index (χ0) is 26.2. The molecule has 4 aliphatic carbocycles. The second-order valence-corrected chi connectivity index (χ2v) is 12.1. The predicted octanol–water partition coefficient (Wildman–Crippen LogP) is 6.99. The van der Waals surface area contributed by atoms with Crippen molar-refractivity contribution in [2.24, 2.45) is 21.7 Å². The Balaban J connectivity index is 1.38. The number of ether oxygens (including phenoxy) is 3. The molecule has 0 radical (unpaired) electrons. The van der Waals surface area contributed by atoms with Gasteiger partial charge in [-0.3, -0.25) is 0 Å². The molecular weight excluding hydrogens is 460 g/mol. The lowest BCUT2D eigenvalue weighted by Gasteiger charge is -2.41. The molecule has 5 nitrogen and oxygen atoms in total. The fourth-order valence-corrected chi connectivity index (χ4v) is 7.33. The van der Waals surface area contributed by atoms with Gasteiger partial charge in [-0.15, -0.1) is 0 Å². The van der Waals surface area contributed by atoms with Crippen molar-refractivity contribution >= 4 is 0 Å². The topological polar surface area (TPSA) is 75.3 Å². The highest BCUT2D eigenvalue weighted by atomic mass is 16.5. The molecule has 0 saturated heterocycles. The standard InChI is InChI=1S/C32H44N2O3/c1-35-25-31(13-5-3-6-14-31)21-29(23-33)17-9-27(10-18-29)37-28-11-19-30(24-34,20-12-28)22-32(26-36-2)15-7-4-8-16-32/h9-12,17-20,27-28H,3-8,13-16,21-22,25-26H2,1-2H3. The monoisotopic (exact) mass is 504 g/mol. The van der Waals surface area contributed by atoms with Gasteiger partial charge >= 0.3 is 0 Å². The minimum atomic E-state index is -0.612. The quantitative estimate of drug-likeness (QED) is 0.300. The fraction of sp³-hybridized carbons (Fsp3) is 0.688. The third kappa shape index (κ3) is 6.64. The highest BCUT2D eigenvalue weighted by molar-refractivity contribution is 5.33. The Kier molecular flexibility index (Phi) is 9.12. The molecule has 5 heteroatoms. The SMILES string of the molecule is COCC1(CC2(C#N)C=CC(OC3C=CC(C#N)(CC4(COC)CCCCC4)C=C3)C=C2)CCCCC1. The molecular formula is C32H44N2O3. The third-order valence-electron chi connectivity index (χ3n) is 9.13. The summed E-state index contributed by atoms with van der Waals surface area (Å²) in [4.78, 5) is 0. The van der Waals surface area contributed by atoms with E-state index in [1.165, 1.54) is 38.5 Å². The van der Waals surface area contributed by atoms with Crippen molar-refractivity contribution in [1.82, 2.24) is 0 Å². The van der Waals surface area contributed by atoms with Crippen LogP contribution in [-0.2, 0) is 14.2 Å². The van der Waals surface area contributed by atoms with Crippen LogP contribution in [0.25, 0.3) is 0 Å². The molecule has 0 atom stereocenters. The molecule has 0 unspecified atom stereocenters. The smallest absolute Gasteiger partial charge is 0.0951 e. The van der Waals surface area contributed by atoms with Gasteiger partial charge in [-0.05, 0) is 49.4 Å². The molecule has 0 aromatic heterocycles. The van der Waals surface area contributed by atoms with Crippen LogP contribution in [0.2, 0.25) is 0 Å². The van der Waals surface area contributed by atoms with Crippen LogP contribution < -0.4 is 0 Å². The van der Waals surface area contributed by atoms with Crippen LogP contribution in [0, 0.1) is 44.3 Å². The van der Waals surface area contributed by atoms with Crippen molar-refractivity contribution in [3.63, 3.8) is 0 Å². The third-order valence-corrected chi connectivity index (χ3v) is 9.13. The first kappa shape index (κ1) is 27.8. The average Bonchev–Trinajstić information content (AvgIpc) is 2.92. The first-order valence-electron chi connectivity index (χ1n) is 14.2. The molecule has 200 valence electrons. The molecule has 2 fully saturated rings. The van der Waals surface area contributed by atoms with Crippen molar-refractivity contribution in [2.75, 3.05) is 27.4 Å². The van der Waals surface area contributed by atoms with Crippen LogP contribution in [-0.4, -0.2) is 39.6 Å².